The molecule has 31 heavy (non-hydrogen) atoms. The lowest BCUT2D eigenvalue weighted by molar-refractivity contribution is -0.144. The lowest BCUT2D eigenvalue weighted by atomic mass is 9.88. The summed E-state index contributed by atoms with van der Waals surface area (Å²) in [5.41, 5.74) is 0.520. The van der Waals surface area contributed by atoms with Crippen molar-refractivity contribution in [1.82, 2.24) is 15.1 Å². The summed E-state index contributed by atoms with van der Waals surface area (Å²) in [6.45, 7) is 6.21. The number of hydrogen-bond acceptors (Lipinski definition) is 3. The number of nitrogens with zero attached hydrogens (tertiary/aromatic N) is 2. The maximum absolute atomic E-state index is 13.3. The van der Waals surface area contributed by atoms with Gasteiger partial charge in [0.05, 0.1) is 5.56 Å². The highest BCUT2D eigenvalue weighted by molar-refractivity contribution is 9.10. The summed E-state index contributed by atoms with van der Waals surface area (Å²) in [6.07, 6.45) is 6.29. The first-order chi connectivity index (χ1) is 14.9. The third kappa shape index (κ3) is 5.88. The standard InChI is InChI=1S/C24H34BrN3O3/c1-3-17(2)21(26-22(29)19-11-7-8-12-20(19)25)24(31)28-15-13-27(14-16-28)23(30)18-9-5-4-6-10-18/h7-8,11-12,17-18,21H,3-6,9-10,13-16H2,1-2H3,(H,26,29). The third-order valence-electron chi connectivity index (χ3n) is 6.74. The molecule has 1 aliphatic heterocycles. The molecule has 0 radical (unpaired) electrons. The van der Waals surface area contributed by atoms with Gasteiger partial charge in [-0.1, -0.05) is 51.7 Å². The van der Waals surface area contributed by atoms with Crippen molar-refractivity contribution in [3.8, 4) is 0 Å². The fourth-order valence-corrected chi connectivity index (χ4v) is 4.96. The predicted molar refractivity (Wildman–Crippen MR) is 125 cm³/mol. The first-order valence-electron chi connectivity index (χ1n) is 11.5. The molecule has 3 amide bonds. The molecule has 2 aliphatic rings. The lowest BCUT2D eigenvalue weighted by Gasteiger charge is -2.39. The van der Waals surface area contributed by atoms with Crippen LogP contribution >= 0.6 is 15.9 Å². The van der Waals surface area contributed by atoms with Gasteiger partial charge in [-0.05, 0) is 46.8 Å². The summed E-state index contributed by atoms with van der Waals surface area (Å²) in [5, 5.41) is 2.97. The highest BCUT2D eigenvalue weighted by Crippen LogP contribution is 2.26. The van der Waals surface area contributed by atoms with Crippen LogP contribution in [0.3, 0.4) is 0 Å². The van der Waals surface area contributed by atoms with Gasteiger partial charge < -0.3 is 15.1 Å². The van der Waals surface area contributed by atoms with Crippen molar-refractivity contribution < 1.29 is 14.4 Å². The maximum Gasteiger partial charge on any atom is 0.253 e. The fourth-order valence-electron chi connectivity index (χ4n) is 4.50. The van der Waals surface area contributed by atoms with Crippen molar-refractivity contribution >= 4 is 33.7 Å². The summed E-state index contributed by atoms with van der Waals surface area (Å²) in [4.78, 5) is 42.7. The molecule has 2 unspecified atom stereocenters. The first kappa shape index (κ1) is 23.8. The molecule has 1 N–H and O–H groups in total. The molecule has 2 fully saturated rings. The van der Waals surface area contributed by atoms with Crippen LogP contribution in [0, 0.1) is 11.8 Å². The van der Waals surface area contributed by atoms with Crippen molar-refractivity contribution in [2.75, 3.05) is 26.2 Å². The zero-order valence-corrected chi connectivity index (χ0v) is 20.2. The van der Waals surface area contributed by atoms with Crippen LogP contribution in [0.1, 0.15) is 62.7 Å². The van der Waals surface area contributed by atoms with E-state index in [0.29, 0.717) is 36.2 Å². The molecule has 170 valence electrons. The van der Waals surface area contributed by atoms with Gasteiger partial charge in [-0.15, -0.1) is 0 Å². The van der Waals surface area contributed by atoms with E-state index in [0.717, 1.165) is 32.1 Å². The molecule has 7 heteroatoms. The number of hydrogen-bond donors (Lipinski definition) is 1. The Morgan fingerprint density at radius 2 is 1.65 bits per heavy atom. The molecule has 1 aliphatic carbocycles. The Morgan fingerprint density at radius 1 is 1.03 bits per heavy atom. The van der Waals surface area contributed by atoms with E-state index in [1.165, 1.54) is 6.42 Å². The molecule has 1 saturated heterocycles. The van der Waals surface area contributed by atoms with Gasteiger partial charge in [0.15, 0.2) is 0 Å². The first-order valence-corrected chi connectivity index (χ1v) is 12.3. The Bertz CT molecular complexity index is 786. The average molecular weight is 492 g/mol. The van der Waals surface area contributed by atoms with E-state index in [1.54, 1.807) is 6.07 Å². The summed E-state index contributed by atoms with van der Waals surface area (Å²) < 4.78 is 0.706. The van der Waals surface area contributed by atoms with E-state index < -0.39 is 6.04 Å². The average Bonchev–Trinajstić information content (AvgIpc) is 2.82. The summed E-state index contributed by atoms with van der Waals surface area (Å²) >= 11 is 3.41. The lowest BCUT2D eigenvalue weighted by Crippen LogP contribution is -2.58. The van der Waals surface area contributed by atoms with Crippen LogP contribution in [0.2, 0.25) is 0 Å². The summed E-state index contributed by atoms with van der Waals surface area (Å²) in [6, 6.07) is 6.64. The topological polar surface area (TPSA) is 69.7 Å². The van der Waals surface area contributed by atoms with Crippen molar-refractivity contribution in [2.45, 2.75) is 58.4 Å². The quantitative estimate of drug-likeness (QED) is 0.656. The van der Waals surface area contributed by atoms with E-state index >= 15 is 0 Å². The molecule has 1 saturated carbocycles. The van der Waals surface area contributed by atoms with Crippen LogP contribution in [0.4, 0.5) is 0 Å². The van der Waals surface area contributed by atoms with Gasteiger partial charge >= 0.3 is 0 Å². The Hall–Kier alpha value is -1.89. The maximum atomic E-state index is 13.3. The molecule has 0 aromatic heterocycles. The summed E-state index contributed by atoms with van der Waals surface area (Å²) in [5.74, 6) is 0.123. The predicted octanol–water partition coefficient (Wildman–Crippen LogP) is 3.84. The SMILES string of the molecule is CCC(C)C(NC(=O)c1ccccc1Br)C(=O)N1CCN(C(=O)C2CCCCC2)CC1. The monoisotopic (exact) mass is 491 g/mol. The molecule has 2 atom stereocenters. The molecule has 6 nitrogen and oxygen atoms in total. The van der Waals surface area contributed by atoms with E-state index in [2.05, 4.69) is 21.2 Å². The van der Waals surface area contributed by atoms with Crippen molar-refractivity contribution in [3.63, 3.8) is 0 Å². The minimum Gasteiger partial charge on any atom is -0.340 e. The van der Waals surface area contributed by atoms with Gasteiger partial charge in [0.2, 0.25) is 11.8 Å². The number of amides is 3. The van der Waals surface area contributed by atoms with Crippen molar-refractivity contribution in [3.05, 3.63) is 34.3 Å². The number of halogens is 1. The van der Waals surface area contributed by atoms with Crippen LogP contribution in [-0.4, -0.2) is 59.7 Å². The Labute approximate surface area is 193 Å². The van der Waals surface area contributed by atoms with Gasteiger partial charge in [0.1, 0.15) is 6.04 Å². The number of piperazine rings is 1. The highest BCUT2D eigenvalue weighted by atomic mass is 79.9. The molecule has 1 aromatic carbocycles. The fraction of sp³-hybridized carbons (Fsp3) is 0.625. The van der Waals surface area contributed by atoms with Crippen LogP contribution < -0.4 is 5.32 Å². The Morgan fingerprint density at radius 3 is 2.26 bits per heavy atom. The minimum atomic E-state index is -0.579. The van der Waals surface area contributed by atoms with E-state index in [-0.39, 0.29) is 29.6 Å². The van der Waals surface area contributed by atoms with Crippen LogP contribution in [0.5, 0.6) is 0 Å². The second kappa shape index (κ2) is 11.1. The van der Waals surface area contributed by atoms with Crippen molar-refractivity contribution in [2.24, 2.45) is 11.8 Å². The van der Waals surface area contributed by atoms with Gasteiger partial charge in [-0.2, -0.15) is 0 Å². The zero-order chi connectivity index (χ0) is 22.4. The number of benzene rings is 1. The van der Waals surface area contributed by atoms with Gasteiger partial charge in [-0.25, -0.2) is 0 Å². The normalized spacial score (nSPS) is 19.6. The van der Waals surface area contributed by atoms with Gasteiger partial charge in [0, 0.05) is 36.6 Å². The van der Waals surface area contributed by atoms with Crippen LogP contribution in [-0.2, 0) is 9.59 Å². The number of rotatable bonds is 6. The number of carbonyl (C=O) groups is 3. The van der Waals surface area contributed by atoms with E-state index in [9.17, 15) is 14.4 Å². The second-order valence-electron chi connectivity index (χ2n) is 8.80. The third-order valence-corrected chi connectivity index (χ3v) is 7.43. The largest absolute Gasteiger partial charge is 0.340 e. The molecule has 1 aromatic rings. The smallest absolute Gasteiger partial charge is 0.253 e. The number of carbonyl (C=O) groups excluding carboxylic acids is 3. The molecular weight excluding hydrogens is 458 g/mol. The highest BCUT2D eigenvalue weighted by Gasteiger charge is 2.34. The van der Waals surface area contributed by atoms with E-state index in [1.807, 2.05) is 41.8 Å². The number of nitrogens with one attached hydrogen (secondary N) is 1. The zero-order valence-electron chi connectivity index (χ0n) is 18.6. The Balaban J connectivity index is 1.61. The van der Waals surface area contributed by atoms with Crippen LogP contribution in [0.15, 0.2) is 28.7 Å². The molecule has 1 heterocycles. The van der Waals surface area contributed by atoms with E-state index in [4.69, 9.17) is 0 Å². The van der Waals surface area contributed by atoms with Gasteiger partial charge in [0.25, 0.3) is 5.91 Å². The second-order valence-corrected chi connectivity index (χ2v) is 9.66. The Kier molecular flexibility index (Phi) is 8.52. The summed E-state index contributed by atoms with van der Waals surface area (Å²) in [7, 11) is 0. The molecule has 0 bridgehead atoms. The van der Waals surface area contributed by atoms with Crippen LogP contribution in [0.25, 0.3) is 0 Å². The van der Waals surface area contributed by atoms with Gasteiger partial charge in [-0.3, -0.25) is 14.4 Å². The van der Waals surface area contributed by atoms with Crippen molar-refractivity contribution in [1.29, 1.82) is 0 Å². The molecule has 0 spiro atoms. The molecular formula is C24H34BrN3O3. The minimum absolute atomic E-state index is 0.0147. The molecule has 3 rings (SSSR count).